The molecule has 2 rings (SSSR count). The van der Waals surface area contributed by atoms with Crippen LogP contribution in [0.4, 0.5) is 18.9 Å². The van der Waals surface area contributed by atoms with Gasteiger partial charge in [-0.1, -0.05) is 30.3 Å². The van der Waals surface area contributed by atoms with Crippen LogP contribution in [0, 0.1) is 0 Å². The lowest BCUT2D eigenvalue weighted by Gasteiger charge is -2.14. The summed E-state index contributed by atoms with van der Waals surface area (Å²) < 4.78 is 66.3. The summed E-state index contributed by atoms with van der Waals surface area (Å²) in [7, 11) is -4.37. The topological polar surface area (TPSA) is 102 Å². The molecule has 0 heterocycles. The fourth-order valence-electron chi connectivity index (χ4n) is 2.46. The van der Waals surface area contributed by atoms with Crippen LogP contribution in [-0.2, 0) is 25.8 Å². The number of amides is 2. The number of benzene rings is 2. The molecule has 0 aliphatic carbocycles. The zero-order valence-electron chi connectivity index (χ0n) is 15.8. The maximum atomic E-state index is 12.7. The highest BCUT2D eigenvalue weighted by Crippen LogP contribution is 2.34. The summed E-state index contributed by atoms with van der Waals surface area (Å²) in [6, 6.07) is 11.4. The Morgan fingerprint density at radius 3 is 2.30 bits per heavy atom. The Morgan fingerprint density at radius 2 is 1.70 bits per heavy atom. The molecule has 2 aromatic carbocycles. The normalized spacial score (nSPS) is 11.6. The smallest absolute Gasteiger partial charge is 0.495 e. The lowest BCUT2D eigenvalue weighted by Crippen LogP contribution is -2.29. The summed E-state index contributed by atoms with van der Waals surface area (Å²) in [5.41, 5.74) is -4.92. The van der Waals surface area contributed by atoms with Crippen LogP contribution in [0.5, 0.6) is 5.75 Å². The minimum atomic E-state index is -5.58. The Hall–Kier alpha value is -3.08. The first-order chi connectivity index (χ1) is 14.0. The first-order valence-electron chi connectivity index (χ1n) is 8.64. The van der Waals surface area contributed by atoms with E-state index in [-0.39, 0.29) is 36.7 Å². The highest BCUT2D eigenvalue weighted by atomic mass is 32.2. The summed E-state index contributed by atoms with van der Waals surface area (Å²) in [5.74, 6) is -0.961. The lowest BCUT2D eigenvalue weighted by atomic mass is 10.1. The van der Waals surface area contributed by atoms with Crippen molar-refractivity contribution >= 4 is 27.3 Å². The molecule has 7 nitrogen and oxygen atoms in total. The van der Waals surface area contributed by atoms with E-state index in [1.807, 2.05) is 6.07 Å². The number of hydrogen-bond acceptors (Lipinski definition) is 5. The summed E-state index contributed by atoms with van der Waals surface area (Å²) in [4.78, 5) is 22.9. The standard InChI is InChI=1S/C19H19F3N2O5S/c1-29-16-8-7-14(30(27,28)19(20,21)22)12-15(16)24-17(25)9-10-23-18(26)11-13-5-3-2-4-6-13/h2-8,12H,9-11H2,1H3,(H,23,26)(H,24,25). The van der Waals surface area contributed by atoms with E-state index in [9.17, 15) is 31.2 Å². The number of ether oxygens (including phenoxy) is 1. The summed E-state index contributed by atoms with van der Waals surface area (Å²) >= 11 is 0. The largest absolute Gasteiger partial charge is 0.501 e. The van der Waals surface area contributed by atoms with Gasteiger partial charge in [0, 0.05) is 13.0 Å². The van der Waals surface area contributed by atoms with Gasteiger partial charge in [0.15, 0.2) is 0 Å². The quantitative estimate of drug-likeness (QED) is 0.652. The molecule has 0 aromatic heterocycles. The zero-order valence-corrected chi connectivity index (χ0v) is 16.6. The predicted molar refractivity (Wildman–Crippen MR) is 103 cm³/mol. The van der Waals surface area contributed by atoms with Gasteiger partial charge >= 0.3 is 5.51 Å². The monoisotopic (exact) mass is 444 g/mol. The number of nitrogens with one attached hydrogen (secondary N) is 2. The van der Waals surface area contributed by atoms with E-state index in [0.717, 1.165) is 17.7 Å². The maximum absolute atomic E-state index is 12.7. The van der Waals surface area contributed by atoms with E-state index in [0.29, 0.717) is 6.07 Å². The number of hydrogen-bond donors (Lipinski definition) is 2. The van der Waals surface area contributed by atoms with Crippen molar-refractivity contribution in [2.75, 3.05) is 19.0 Å². The number of halogens is 3. The van der Waals surface area contributed by atoms with Gasteiger partial charge in [-0.2, -0.15) is 13.2 Å². The van der Waals surface area contributed by atoms with Gasteiger partial charge in [0.2, 0.25) is 11.8 Å². The highest BCUT2D eigenvalue weighted by Gasteiger charge is 2.47. The van der Waals surface area contributed by atoms with Crippen molar-refractivity contribution in [1.82, 2.24) is 5.32 Å². The molecule has 162 valence electrons. The van der Waals surface area contributed by atoms with Gasteiger partial charge in [0.25, 0.3) is 9.84 Å². The van der Waals surface area contributed by atoms with Crippen LogP contribution in [0.2, 0.25) is 0 Å². The second-order valence-corrected chi connectivity index (χ2v) is 8.06. The van der Waals surface area contributed by atoms with Crippen molar-refractivity contribution in [1.29, 1.82) is 0 Å². The van der Waals surface area contributed by atoms with E-state index in [1.54, 1.807) is 24.3 Å². The summed E-state index contributed by atoms with van der Waals surface area (Å²) in [6.45, 7) is -0.0135. The van der Waals surface area contributed by atoms with E-state index in [2.05, 4.69) is 10.6 Å². The maximum Gasteiger partial charge on any atom is 0.501 e. The molecule has 30 heavy (non-hydrogen) atoms. The molecule has 0 unspecified atom stereocenters. The molecule has 2 amide bonds. The number of carbonyl (C=O) groups is 2. The molecule has 0 aliphatic rings. The fraction of sp³-hybridized carbons (Fsp3) is 0.263. The molecule has 0 atom stereocenters. The number of carbonyl (C=O) groups excluding carboxylic acids is 2. The van der Waals surface area contributed by atoms with Crippen LogP contribution in [0.15, 0.2) is 53.4 Å². The van der Waals surface area contributed by atoms with Crippen molar-refractivity contribution in [3.63, 3.8) is 0 Å². The first-order valence-corrected chi connectivity index (χ1v) is 10.1. The van der Waals surface area contributed by atoms with Gasteiger partial charge in [-0.15, -0.1) is 0 Å². The second kappa shape index (κ2) is 9.61. The minimum Gasteiger partial charge on any atom is -0.495 e. The predicted octanol–water partition coefficient (Wildman–Crippen LogP) is 2.68. The van der Waals surface area contributed by atoms with Gasteiger partial charge < -0.3 is 15.4 Å². The van der Waals surface area contributed by atoms with E-state index in [1.165, 1.54) is 7.11 Å². The summed E-state index contributed by atoms with van der Waals surface area (Å²) in [5, 5.41) is 4.86. The van der Waals surface area contributed by atoms with Crippen molar-refractivity contribution < 1.29 is 35.9 Å². The van der Waals surface area contributed by atoms with Crippen molar-refractivity contribution in [3.8, 4) is 5.75 Å². The molecule has 0 radical (unpaired) electrons. The average Bonchev–Trinajstić information content (AvgIpc) is 2.67. The lowest BCUT2D eigenvalue weighted by molar-refractivity contribution is -0.120. The molecular weight excluding hydrogens is 425 g/mol. The van der Waals surface area contributed by atoms with E-state index < -0.39 is 26.1 Å². The van der Waals surface area contributed by atoms with Gasteiger partial charge in [0.05, 0.1) is 24.1 Å². The number of rotatable bonds is 8. The van der Waals surface area contributed by atoms with E-state index >= 15 is 0 Å². The number of methoxy groups -OCH3 is 1. The van der Waals surface area contributed by atoms with Gasteiger partial charge in [-0.05, 0) is 23.8 Å². The molecular formula is C19H19F3N2O5S. The highest BCUT2D eigenvalue weighted by molar-refractivity contribution is 7.92. The van der Waals surface area contributed by atoms with Crippen molar-refractivity contribution in [2.24, 2.45) is 0 Å². The molecule has 2 aromatic rings. The third kappa shape index (κ3) is 5.96. The molecule has 0 fully saturated rings. The Bertz CT molecular complexity index is 1010. The van der Waals surface area contributed by atoms with Crippen LogP contribution >= 0.6 is 0 Å². The molecule has 0 aliphatic heterocycles. The number of alkyl halides is 3. The molecule has 0 bridgehead atoms. The van der Waals surface area contributed by atoms with Crippen LogP contribution in [0.1, 0.15) is 12.0 Å². The zero-order chi connectivity index (χ0) is 22.4. The molecule has 0 saturated carbocycles. The Labute approximate surface area is 171 Å². The first kappa shape index (κ1) is 23.2. The molecule has 11 heteroatoms. The minimum absolute atomic E-state index is 0.0135. The fourth-order valence-corrected chi connectivity index (χ4v) is 3.24. The Balaban J connectivity index is 1.98. The van der Waals surface area contributed by atoms with Crippen LogP contribution in [0.25, 0.3) is 0 Å². The van der Waals surface area contributed by atoms with Crippen molar-refractivity contribution in [2.45, 2.75) is 23.2 Å². The Morgan fingerprint density at radius 1 is 1.03 bits per heavy atom. The third-order valence-corrected chi connectivity index (χ3v) is 5.43. The van der Waals surface area contributed by atoms with Crippen LogP contribution < -0.4 is 15.4 Å². The van der Waals surface area contributed by atoms with Crippen LogP contribution in [-0.4, -0.2) is 39.4 Å². The Kier molecular flexibility index (Phi) is 7.43. The second-order valence-electron chi connectivity index (χ2n) is 6.12. The van der Waals surface area contributed by atoms with Gasteiger partial charge in [0.1, 0.15) is 5.75 Å². The molecule has 0 spiro atoms. The third-order valence-electron chi connectivity index (χ3n) is 3.94. The number of anilines is 1. The molecule has 2 N–H and O–H groups in total. The average molecular weight is 444 g/mol. The van der Waals surface area contributed by atoms with E-state index in [4.69, 9.17) is 4.74 Å². The summed E-state index contributed by atoms with van der Waals surface area (Å²) in [6.07, 6.45) is -0.0481. The van der Waals surface area contributed by atoms with Crippen molar-refractivity contribution in [3.05, 3.63) is 54.1 Å². The van der Waals surface area contributed by atoms with Gasteiger partial charge in [-0.3, -0.25) is 9.59 Å². The van der Waals surface area contributed by atoms with Crippen LogP contribution in [0.3, 0.4) is 0 Å². The SMILES string of the molecule is COc1ccc(S(=O)(=O)C(F)(F)F)cc1NC(=O)CCNC(=O)Cc1ccccc1. The number of sulfone groups is 1. The molecule has 0 saturated heterocycles. The van der Waals surface area contributed by atoms with Gasteiger partial charge in [-0.25, -0.2) is 8.42 Å².